The summed E-state index contributed by atoms with van der Waals surface area (Å²) in [6.45, 7) is 4.45. The highest BCUT2D eigenvalue weighted by atomic mass is 35.5. The highest BCUT2D eigenvalue weighted by molar-refractivity contribution is 5.14. The van der Waals surface area contributed by atoms with E-state index in [1.807, 2.05) is 0 Å². The summed E-state index contributed by atoms with van der Waals surface area (Å²) < 4.78 is 0. The van der Waals surface area contributed by atoms with Gasteiger partial charge in [-0.05, 0) is 18.5 Å². The molecule has 0 fully saturated rings. The van der Waals surface area contributed by atoms with Gasteiger partial charge in [0.25, 0.3) is 0 Å². The number of halogens is 1. The number of unbranched alkanes of at least 4 members (excludes halogenated alkanes) is 9. The first kappa shape index (κ1) is 20.5. The summed E-state index contributed by atoms with van der Waals surface area (Å²) in [5, 5.41) is 3.53. The van der Waals surface area contributed by atoms with Crippen molar-refractivity contribution < 1.29 is 12.4 Å². The Balaban J connectivity index is 0.00000400. The van der Waals surface area contributed by atoms with Crippen molar-refractivity contribution in [3.8, 4) is 0 Å². The van der Waals surface area contributed by atoms with Crippen LogP contribution in [0.25, 0.3) is 0 Å². The van der Waals surface area contributed by atoms with E-state index >= 15 is 0 Å². The molecule has 1 aromatic rings. The van der Waals surface area contributed by atoms with Gasteiger partial charge in [0.1, 0.15) is 0 Å². The van der Waals surface area contributed by atoms with Gasteiger partial charge in [-0.25, -0.2) is 0 Å². The first-order valence-electron chi connectivity index (χ1n) is 8.68. The summed E-state index contributed by atoms with van der Waals surface area (Å²) in [6.07, 6.45) is 14.1. The molecule has 122 valence electrons. The smallest absolute Gasteiger partial charge is 0.0903 e. The first-order chi connectivity index (χ1) is 9.93. The molecule has 0 aliphatic carbocycles. The zero-order valence-corrected chi connectivity index (χ0v) is 14.7. The van der Waals surface area contributed by atoms with Gasteiger partial charge < -0.3 is 5.32 Å². The van der Waals surface area contributed by atoms with E-state index in [4.69, 9.17) is 0 Å². The summed E-state index contributed by atoms with van der Waals surface area (Å²) in [5.74, 6) is 0. The maximum atomic E-state index is 3.53. The molecule has 21 heavy (non-hydrogen) atoms. The summed E-state index contributed by atoms with van der Waals surface area (Å²) in [7, 11) is 0. The minimum Gasteiger partial charge on any atom is -0.313 e. The van der Waals surface area contributed by atoms with E-state index in [0.29, 0.717) is 0 Å². The third-order valence-electron chi connectivity index (χ3n) is 3.88. The standard InChI is InChI=1S/C19H33N.ClH2/c1-2-3-4-5-6-7-8-9-10-14-17-20-18-19-15-12-11-13-16-19;/h11-13,15-16,20H,2-10,14,17-18H2,1H3;1H2/q;+1. The van der Waals surface area contributed by atoms with E-state index in [2.05, 4.69) is 42.6 Å². The van der Waals surface area contributed by atoms with Crippen molar-refractivity contribution in [2.75, 3.05) is 6.54 Å². The van der Waals surface area contributed by atoms with Gasteiger partial charge in [-0.3, -0.25) is 0 Å². The molecular formula is C19H35ClN+. The maximum absolute atomic E-state index is 3.53. The Morgan fingerprint density at radius 1 is 0.714 bits per heavy atom. The normalized spacial score (nSPS) is 10.3. The summed E-state index contributed by atoms with van der Waals surface area (Å²) in [5.41, 5.74) is 1.39. The van der Waals surface area contributed by atoms with Crippen LogP contribution in [0, 0.1) is 12.4 Å². The number of hydrogen-bond donors (Lipinski definition) is 1. The SMILES string of the molecule is CCCCCCCCCCCCNCc1ccccc1.[ClH2+]. The second-order valence-electron chi connectivity index (χ2n) is 5.84. The predicted octanol–water partition coefficient (Wildman–Crippen LogP) is 5.16. The maximum Gasteiger partial charge on any atom is 0.0903 e. The van der Waals surface area contributed by atoms with Crippen molar-refractivity contribution in [1.82, 2.24) is 5.32 Å². The van der Waals surface area contributed by atoms with Crippen LogP contribution in [0.4, 0.5) is 0 Å². The van der Waals surface area contributed by atoms with Crippen molar-refractivity contribution in [2.24, 2.45) is 0 Å². The quantitative estimate of drug-likeness (QED) is 0.496. The summed E-state index contributed by atoms with van der Waals surface area (Å²) >= 11 is 0. The zero-order chi connectivity index (χ0) is 14.3. The molecule has 0 unspecified atom stereocenters. The van der Waals surface area contributed by atoms with E-state index < -0.39 is 0 Å². The second kappa shape index (κ2) is 15.9. The van der Waals surface area contributed by atoms with E-state index in [1.54, 1.807) is 0 Å². The molecule has 0 atom stereocenters. The lowest BCUT2D eigenvalue weighted by Gasteiger charge is -2.05. The summed E-state index contributed by atoms with van der Waals surface area (Å²) in [4.78, 5) is 0. The Kier molecular flexibility index (Phi) is 15.5. The molecule has 1 rings (SSSR count). The first-order valence-corrected chi connectivity index (χ1v) is 8.68. The molecule has 0 aliphatic heterocycles. The number of nitrogens with one attached hydrogen (secondary N) is 1. The fraction of sp³-hybridized carbons (Fsp3) is 0.684. The molecular weight excluding hydrogens is 278 g/mol. The Hall–Kier alpha value is -0.530. The van der Waals surface area contributed by atoms with Crippen LogP contribution in [0.3, 0.4) is 0 Å². The molecule has 0 bridgehead atoms. The fourth-order valence-corrected chi connectivity index (χ4v) is 2.57. The molecule has 0 amide bonds. The summed E-state index contributed by atoms with van der Waals surface area (Å²) in [6, 6.07) is 10.7. The molecule has 0 aliphatic rings. The molecule has 2 heteroatoms. The Bertz CT molecular complexity index is 300. The van der Waals surface area contributed by atoms with Crippen molar-refractivity contribution in [3.63, 3.8) is 0 Å². The molecule has 1 N–H and O–H groups in total. The minimum absolute atomic E-state index is 0. The van der Waals surface area contributed by atoms with E-state index in [1.165, 1.54) is 69.8 Å². The van der Waals surface area contributed by atoms with Crippen molar-refractivity contribution in [3.05, 3.63) is 35.9 Å². The third kappa shape index (κ3) is 12.9. The number of hydrogen-bond acceptors (Lipinski definition) is 1. The molecule has 0 saturated carbocycles. The van der Waals surface area contributed by atoms with Crippen molar-refractivity contribution >= 4 is 0 Å². The van der Waals surface area contributed by atoms with Crippen LogP contribution in [0.15, 0.2) is 30.3 Å². The minimum atomic E-state index is 0. The van der Waals surface area contributed by atoms with Crippen molar-refractivity contribution in [2.45, 2.75) is 77.7 Å². The lowest BCUT2D eigenvalue weighted by molar-refractivity contribution is -0.00000436. The van der Waals surface area contributed by atoms with Gasteiger partial charge >= 0.3 is 0 Å². The fourth-order valence-electron chi connectivity index (χ4n) is 2.57. The van der Waals surface area contributed by atoms with Crippen LogP contribution in [0.5, 0.6) is 0 Å². The topological polar surface area (TPSA) is 12.0 Å². The molecule has 1 nitrogen and oxygen atoms in total. The van der Waals surface area contributed by atoms with Crippen LogP contribution in [-0.4, -0.2) is 6.54 Å². The molecule has 1 aromatic carbocycles. The van der Waals surface area contributed by atoms with Gasteiger partial charge in [-0.15, -0.1) is 0 Å². The Morgan fingerprint density at radius 3 is 1.81 bits per heavy atom. The molecule has 0 heterocycles. The van der Waals surface area contributed by atoms with Crippen LogP contribution >= 0.6 is 0 Å². The molecule has 0 spiro atoms. The lowest BCUT2D eigenvalue weighted by Crippen LogP contribution is -2.14. The van der Waals surface area contributed by atoms with Gasteiger partial charge in [-0.2, -0.15) is 0 Å². The van der Waals surface area contributed by atoms with Gasteiger partial charge in [0.15, 0.2) is 0 Å². The van der Waals surface area contributed by atoms with E-state index in [9.17, 15) is 0 Å². The van der Waals surface area contributed by atoms with Gasteiger partial charge in [0.2, 0.25) is 0 Å². The van der Waals surface area contributed by atoms with E-state index in [0.717, 1.165) is 13.1 Å². The van der Waals surface area contributed by atoms with Gasteiger partial charge in [-0.1, -0.05) is 95.0 Å². The number of benzene rings is 1. The van der Waals surface area contributed by atoms with Crippen LogP contribution in [0.1, 0.15) is 76.7 Å². The Morgan fingerprint density at radius 2 is 1.24 bits per heavy atom. The second-order valence-corrected chi connectivity index (χ2v) is 5.84. The predicted molar refractivity (Wildman–Crippen MR) is 92.8 cm³/mol. The zero-order valence-electron chi connectivity index (χ0n) is 13.8. The van der Waals surface area contributed by atoms with Crippen LogP contribution in [0.2, 0.25) is 0 Å². The van der Waals surface area contributed by atoms with Crippen LogP contribution in [-0.2, 0) is 6.54 Å². The van der Waals surface area contributed by atoms with Crippen LogP contribution < -0.4 is 5.32 Å². The highest BCUT2D eigenvalue weighted by Crippen LogP contribution is 2.10. The monoisotopic (exact) mass is 312 g/mol. The molecule has 0 radical (unpaired) electrons. The van der Waals surface area contributed by atoms with Crippen molar-refractivity contribution in [1.29, 1.82) is 0 Å². The molecule has 0 saturated heterocycles. The Labute approximate surface area is 138 Å². The highest BCUT2D eigenvalue weighted by Gasteiger charge is 1.93. The number of rotatable bonds is 13. The lowest BCUT2D eigenvalue weighted by atomic mass is 10.1. The third-order valence-corrected chi connectivity index (χ3v) is 3.88. The van der Waals surface area contributed by atoms with Gasteiger partial charge in [0, 0.05) is 6.54 Å². The van der Waals surface area contributed by atoms with Gasteiger partial charge in [0.05, 0.1) is 12.4 Å². The average molecular weight is 313 g/mol. The average Bonchev–Trinajstić information content (AvgIpc) is 2.49. The largest absolute Gasteiger partial charge is 0.313 e. The molecule has 0 aromatic heterocycles. The van der Waals surface area contributed by atoms with E-state index in [-0.39, 0.29) is 12.4 Å².